The lowest BCUT2D eigenvalue weighted by Crippen LogP contribution is -2.39. The second kappa shape index (κ2) is 8.25. The van der Waals surface area contributed by atoms with Gasteiger partial charge in [-0.3, -0.25) is 14.5 Å². The van der Waals surface area contributed by atoms with Gasteiger partial charge in [0.2, 0.25) is 0 Å². The molecule has 0 N–H and O–H groups in total. The number of likely N-dealkylation sites (tertiary alicyclic amines) is 1. The van der Waals surface area contributed by atoms with E-state index in [4.69, 9.17) is 4.74 Å². The molecule has 0 saturated carbocycles. The molecule has 104 valence electrons. The molecule has 0 aromatic carbocycles. The van der Waals surface area contributed by atoms with Gasteiger partial charge in [-0.25, -0.2) is 0 Å². The van der Waals surface area contributed by atoms with Gasteiger partial charge in [-0.05, 0) is 32.7 Å². The number of esters is 1. The van der Waals surface area contributed by atoms with Gasteiger partial charge in [-0.1, -0.05) is 19.8 Å². The van der Waals surface area contributed by atoms with Gasteiger partial charge < -0.3 is 4.74 Å². The predicted molar refractivity (Wildman–Crippen MR) is 70.4 cm³/mol. The first kappa shape index (κ1) is 15.2. The Bertz CT molecular complexity index is 278. The molecule has 1 aliphatic heterocycles. The summed E-state index contributed by atoms with van der Waals surface area (Å²) in [6.07, 6.45) is 5.82. The molecule has 1 heterocycles. The van der Waals surface area contributed by atoms with Crippen LogP contribution < -0.4 is 0 Å². The summed E-state index contributed by atoms with van der Waals surface area (Å²) in [6.45, 7) is 5.64. The maximum absolute atomic E-state index is 11.8. The van der Waals surface area contributed by atoms with Crippen molar-refractivity contribution >= 4 is 11.8 Å². The normalized spacial score (nSPS) is 21.3. The van der Waals surface area contributed by atoms with Crippen molar-refractivity contribution in [2.45, 2.75) is 58.4 Å². The molecule has 4 heteroatoms. The van der Waals surface area contributed by atoms with Crippen LogP contribution in [0.15, 0.2) is 0 Å². The van der Waals surface area contributed by atoms with Gasteiger partial charge in [0.25, 0.3) is 0 Å². The maximum atomic E-state index is 11.8. The van der Waals surface area contributed by atoms with Crippen LogP contribution in [-0.4, -0.2) is 42.4 Å². The molecule has 1 aliphatic rings. The molecule has 4 nitrogen and oxygen atoms in total. The third kappa shape index (κ3) is 5.17. The molecular weight excluding hydrogens is 230 g/mol. The topological polar surface area (TPSA) is 46.6 Å². The monoisotopic (exact) mass is 255 g/mol. The van der Waals surface area contributed by atoms with Gasteiger partial charge in [-0.2, -0.15) is 0 Å². The quantitative estimate of drug-likeness (QED) is 0.539. The number of carbonyl (C=O) groups excluding carboxylic acids is 2. The van der Waals surface area contributed by atoms with Crippen molar-refractivity contribution in [1.82, 2.24) is 4.90 Å². The molecular formula is C14H25NO3. The van der Waals surface area contributed by atoms with Crippen molar-refractivity contribution in [2.24, 2.45) is 0 Å². The minimum atomic E-state index is -0.398. The highest BCUT2D eigenvalue weighted by Gasteiger charge is 2.22. The van der Waals surface area contributed by atoms with Crippen molar-refractivity contribution in [3.63, 3.8) is 0 Å². The average Bonchev–Trinajstić information content (AvgIpc) is 2.54. The minimum Gasteiger partial charge on any atom is -0.466 e. The number of hydrogen-bond donors (Lipinski definition) is 0. The number of carbonyl (C=O) groups is 2. The summed E-state index contributed by atoms with van der Waals surface area (Å²) in [5.41, 5.74) is 0. The van der Waals surface area contributed by atoms with Gasteiger partial charge in [0.15, 0.2) is 5.78 Å². The van der Waals surface area contributed by atoms with Crippen LogP contribution in [0.2, 0.25) is 0 Å². The molecule has 1 unspecified atom stereocenters. The summed E-state index contributed by atoms with van der Waals surface area (Å²) in [6, 6.07) is 0.499. The molecule has 0 aromatic heterocycles. The molecule has 1 fully saturated rings. The third-order valence-electron chi connectivity index (χ3n) is 3.50. The molecule has 1 saturated heterocycles. The number of ketones is 1. The fourth-order valence-electron chi connectivity index (χ4n) is 2.56. The van der Waals surface area contributed by atoms with Crippen LogP contribution in [0.4, 0.5) is 0 Å². The van der Waals surface area contributed by atoms with E-state index in [-0.39, 0.29) is 12.2 Å². The molecule has 1 atom stereocenters. The zero-order valence-corrected chi connectivity index (χ0v) is 11.6. The van der Waals surface area contributed by atoms with E-state index in [1.165, 1.54) is 19.3 Å². The van der Waals surface area contributed by atoms with Crippen molar-refractivity contribution in [3.05, 3.63) is 0 Å². The summed E-state index contributed by atoms with van der Waals surface area (Å²) in [5.74, 6) is -0.417. The van der Waals surface area contributed by atoms with E-state index in [1.807, 2.05) is 0 Å². The predicted octanol–water partition coefficient (Wildman–Crippen LogP) is 2.16. The summed E-state index contributed by atoms with van der Waals surface area (Å²) in [7, 11) is 0. The van der Waals surface area contributed by atoms with E-state index < -0.39 is 5.97 Å². The van der Waals surface area contributed by atoms with Gasteiger partial charge in [0, 0.05) is 6.04 Å². The van der Waals surface area contributed by atoms with Crippen molar-refractivity contribution < 1.29 is 14.3 Å². The van der Waals surface area contributed by atoms with Crippen LogP contribution in [0.5, 0.6) is 0 Å². The largest absolute Gasteiger partial charge is 0.466 e. The van der Waals surface area contributed by atoms with E-state index >= 15 is 0 Å². The first-order valence-corrected chi connectivity index (χ1v) is 7.08. The summed E-state index contributed by atoms with van der Waals surface area (Å²) >= 11 is 0. The van der Waals surface area contributed by atoms with E-state index in [0.717, 1.165) is 19.4 Å². The zero-order valence-electron chi connectivity index (χ0n) is 11.6. The second-order valence-electron chi connectivity index (χ2n) is 4.90. The van der Waals surface area contributed by atoms with E-state index in [2.05, 4.69) is 11.8 Å². The molecule has 0 amide bonds. The Morgan fingerprint density at radius 1 is 1.22 bits per heavy atom. The van der Waals surface area contributed by atoms with Gasteiger partial charge in [-0.15, -0.1) is 0 Å². The summed E-state index contributed by atoms with van der Waals surface area (Å²) in [4.78, 5) is 25.3. The highest BCUT2D eigenvalue weighted by atomic mass is 16.5. The Balaban J connectivity index is 2.42. The highest BCUT2D eigenvalue weighted by Crippen LogP contribution is 2.18. The molecule has 0 radical (unpaired) electrons. The lowest BCUT2D eigenvalue weighted by Gasteiger charge is -2.28. The molecule has 18 heavy (non-hydrogen) atoms. The number of nitrogens with zero attached hydrogens (tertiary/aromatic N) is 1. The maximum Gasteiger partial charge on any atom is 0.313 e. The lowest BCUT2D eigenvalue weighted by atomic mass is 10.1. The standard InChI is InChI=1S/C14H25NO3/c1-3-12-8-6-5-7-9-15(12)11-13(16)10-14(17)18-4-2/h12H,3-11H2,1-2H3. The molecule has 0 bridgehead atoms. The lowest BCUT2D eigenvalue weighted by molar-refractivity contribution is -0.145. The highest BCUT2D eigenvalue weighted by molar-refractivity contribution is 5.96. The molecule has 0 aromatic rings. The second-order valence-corrected chi connectivity index (χ2v) is 4.90. The van der Waals surface area contributed by atoms with Crippen LogP contribution in [-0.2, 0) is 14.3 Å². The summed E-state index contributed by atoms with van der Waals surface area (Å²) < 4.78 is 4.80. The molecule has 0 spiro atoms. The summed E-state index contributed by atoms with van der Waals surface area (Å²) in [5, 5.41) is 0. The van der Waals surface area contributed by atoms with Crippen molar-refractivity contribution in [2.75, 3.05) is 19.7 Å². The fraction of sp³-hybridized carbons (Fsp3) is 0.857. The van der Waals surface area contributed by atoms with Crippen LogP contribution in [0.25, 0.3) is 0 Å². The Labute approximate surface area is 110 Å². The number of Topliss-reactive ketones (excluding diaryl/α,β-unsaturated/α-hetero) is 1. The fourth-order valence-corrected chi connectivity index (χ4v) is 2.56. The van der Waals surface area contributed by atoms with E-state index in [0.29, 0.717) is 19.2 Å². The SMILES string of the molecule is CCOC(=O)CC(=O)CN1CCCCCC1CC. The molecule has 1 rings (SSSR count). The smallest absolute Gasteiger partial charge is 0.313 e. The van der Waals surface area contributed by atoms with Crippen LogP contribution >= 0.6 is 0 Å². The van der Waals surface area contributed by atoms with Crippen LogP contribution in [0.3, 0.4) is 0 Å². The van der Waals surface area contributed by atoms with Crippen LogP contribution in [0, 0.1) is 0 Å². The molecule has 0 aliphatic carbocycles. The van der Waals surface area contributed by atoms with Crippen LogP contribution in [0.1, 0.15) is 52.4 Å². The number of rotatable bonds is 6. The first-order chi connectivity index (χ1) is 8.67. The van der Waals surface area contributed by atoms with Crippen molar-refractivity contribution in [1.29, 1.82) is 0 Å². The minimum absolute atomic E-state index is 0.0196. The van der Waals surface area contributed by atoms with Gasteiger partial charge in [0.05, 0.1) is 13.2 Å². The Morgan fingerprint density at radius 2 is 2.00 bits per heavy atom. The third-order valence-corrected chi connectivity index (χ3v) is 3.50. The number of hydrogen-bond acceptors (Lipinski definition) is 4. The van der Waals surface area contributed by atoms with Gasteiger partial charge >= 0.3 is 5.97 Å². The Morgan fingerprint density at radius 3 is 2.67 bits per heavy atom. The van der Waals surface area contributed by atoms with Gasteiger partial charge in [0.1, 0.15) is 6.42 Å². The van der Waals surface area contributed by atoms with E-state index in [1.54, 1.807) is 6.92 Å². The van der Waals surface area contributed by atoms with Crippen molar-refractivity contribution in [3.8, 4) is 0 Å². The Kier molecular flexibility index (Phi) is 6.94. The Hall–Kier alpha value is -0.900. The average molecular weight is 255 g/mol. The zero-order chi connectivity index (χ0) is 13.4. The first-order valence-electron chi connectivity index (χ1n) is 7.08. The number of ether oxygens (including phenoxy) is 1. The van der Waals surface area contributed by atoms with E-state index in [9.17, 15) is 9.59 Å².